The van der Waals surface area contributed by atoms with Gasteiger partial charge in [-0.15, -0.1) is 10.2 Å². The average molecular weight is 571 g/mol. The summed E-state index contributed by atoms with van der Waals surface area (Å²) in [7, 11) is 2.04. The summed E-state index contributed by atoms with van der Waals surface area (Å²) in [4.78, 5) is 21.6. The Kier molecular flexibility index (Phi) is 7.58. The number of carbonyl (C=O) groups excluding carboxylic acids is 1. The minimum absolute atomic E-state index is 0.0649. The highest BCUT2D eigenvalue weighted by Crippen LogP contribution is 2.39. The second-order valence-corrected chi connectivity index (χ2v) is 12.5. The van der Waals surface area contributed by atoms with Gasteiger partial charge in [-0.2, -0.15) is 10.4 Å². The topological polar surface area (TPSA) is 122 Å². The molecule has 220 valence electrons. The highest BCUT2D eigenvalue weighted by atomic mass is 16.6. The summed E-state index contributed by atoms with van der Waals surface area (Å²) in [5, 5.41) is 23.3. The minimum atomic E-state index is -0.502. The van der Waals surface area contributed by atoms with Crippen LogP contribution in [0.4, 0.5) is 10.6 Å². The molecule has 11 heteroatoms. The van der Waals surface area contributed by atoms with Crippen LogP contribution in [0.25, 0.3) is 22.5 Å². The maximum Gasteiger partial charge on any atom is 0.410 e. The van der Waals surface area contributed by atoms with E-state index in [9.17, 15) is 10.1 Å². The Balaban J connectivity index is 1.14. The number of carbonyl (C=O) groups is 1. The second kappa shape index (κ2) is 11.3. The predicted octanol–water partition coefficient (Wildman–Crippen LogP) is 5.34. The molecule has 3 aliphatic heterocycles. The lowest BCUT2D eigenvalue weighted by molar-refractivity contribution is -0.0394. The number of fused-ring (bicyclic) bond motifs is 2. The molecule has 3 aromatic rings. The number of hydrogen-bond donors (Lipinski definition) is 0. The molecule has 0 spiro atoms. The fourth-order valence-electron chi connectivity index (χ4n) is 6.40. The van der Waals surface area contributed by atoms with Crippen molar-refractivity contribution in [3.8, 4) is 28.6 Å². The molecule has 3 aromatic heterocycles. The molecule has 0 N–H and O–H groups in total. The SMILES string of the molecule is CN(c1ccc(-c2ccc(-c3cnn(C4CCCCO4)c3)c(C#N)n2)nn1)C1C[C@H]2CC[C@@H](C1)N2C(=O)OC(C)(C)C. The van der Waals surface area contributed by atoms with Crippen molar-refractivity contribution in [3.63, 3.8) is 0 Å². The van der Waals surface area contributed by atoms with Gasteiger partial charge >= 0.3 is 6.09 Å². The van der Waals surface area contributed by atoms with Crippen LogP contribution in [0.1, 0.15) is 77.6 Å². The van der Waals surface area contributed by atoms with Crippen LogP contribution < -0.4 is 4.90 Å². The van der Waals surface area contributed by atoms with Crippen molar-refractivity contribution in [2.24, 2.45) is 0 Å². The van der Waals surface area contributed by atoms with Crippen LogP contribution in [0.15, 0.2) is 36.7 Å². The average Bonchev–Trinajstić information content (AvgIpc) is 3.58. The molecule has 0 aromatic carbocycles. The van der Waals surface area contributed by atoms with E-state index >= 15 is 0 Å². The van der Waals surface area contributed by atoms with E-state index in [1.54, 1.807) is 6.20 Å². The Bertz CT molecular complexity index is 1450. The summed E-state index contributed by atoms with van der Waals surface area (Å²) in [6.07, 6.45) is 10.3. The van der Waals surface area contributed by atoms with Gasteiger partial charge < -0.3 is 19.3 Å². The normalized spacial score (nSPS) is 23.8. The molecule has 2 unspecified atom stereocenters. The molecular weight excluding hydrogens is 532 g/mol. The van der Waals surface area contributed by atoms with Crippen LogP contribution in [0, 0.1) is 11.3 Å². The van der Waals surface area contributed by atoms with Gasteiger partial charge in [0.25, 0.3) is 0 Å². The van der Waals surface area contributed by atoms with Gasteiger partial charge in [-0.1, -0.05) is 0 Å². The zero-order chi connectivity index (χ0) is 29.4. The number of amides is 1. The number of pyridine rings is 1. The third kappa shape index (κ3) is 5.68. The number of rotatable bonds is 5. The Hall–Kier alpha value is -4.04. The summed E-state index contributed by atoms with van der Waals surface area (Å²) in [5.74, 6) is 0.767. The van der Waals surface area contributed by atoms with Crippen LogP contribution in [0.3, 0.4) is 0 Å². The fraction of sp³-hybridized carbons (Fsp3) is 0.548. The zero-order valence-corrected chi connectivity index (χ0v) is 24.7. The van der Waals surface area contributed by atoms with Crippen LogP contribution in [0.5, 0.6) is 0 Å². The monoisotopic (exact) mass is 570 g/mol. The molecule has 6 heterocycles. The summed E-state index contributed by atoms with van der Waals surface area (Å²) < 4.78 is 13.4. The van der Waals surface area contributed by atoms with Crippen LogP contribution in [0.2, 0.25) is 0 Å². The van der Waals surface area contributed by atoms with Gasteiger partial charge in [0.1, 0.15) is 29.3 Å². The molecule has 4 atom stereocenters. The highest BCUT2D eigenvalue weighted by molar-refractivity contribution is 5.71. The molecule has 1 amide bonds. The smallest absolute Gasteiger partial charge is 0.410 e. The van der Waals surface area contributed by atoms with Crippen LogP contribution in [-0.2, 0) is 9.47 Å². The van der Waals surface area contributed by atoms with Gasteiger partial charge in [-0.25, -0.2) is 14.5 Å². The molecule has 42 heavy (non-hydrogen) atoms. The van der Waals surface area contributed by atoms with Crippen molar-refractivity contribution in [2.75, 3.05) is 18.6 Å². The van der Waals surface area contributed by atoms with E-state index in [2.05, 4.69) is 31.2 Å². The molecule has 3 saturated heterocycles. The molecule has 6 rings (SSSR count). The maximum absolute atomic E-state index is 12.8. The van der Waals surface area contributed by atoms with Gasteiger partial charge in [-0.05, 0) is 90.0 Å². The van der Waals surface area contributed by atoms with Crippen molar-refractivity contribution in [1.29, 1.82) is 5.26 Å². The first-order chi connectivity index (χ1) is 20.2. The summed E-state index contributed by atoms with van der Waals surface area (Å²) >= 11 is 0. The van der Waals surface area contributed by atoms with Crippen molar-refractivity contribution in [2.45, 2.75) is 95.7 Å². The molecular formula is C31H38N8O3. The Morgan fingerprint density at radius 1 is 1.07 bits per heavy atom. The van der Waals surface area contributed by atoms with Gasteiger partial charge in [0, 0.05) is 49.1 Å². The van der Waals surface area contributed by atoms with E-state index in [4.69, 9.17) is 9.47 Å². The second-order valence-electron chi connectivity index (χ2n) is 12.5. The number of aromatic nitrogens is 5. The number of anilines is 1. The van der Waals surface area contributed by atoms with E-state index in [0.717, 1.165) is 68.5 Å². The van der Waals surface area contributed by atoms with Crippen LogP contribution >= 0.6 is 0 Å². The van der Waals surface area contributed by atoms with E-state index in [1.807, 2.05) is 67.9 Å². The molecule has 3 fully saturated rings. The lowest BCUT2D eigenvalue weighted by atomic mass is 9.96. The number of nitriles is 1. The fourth-order valence-corrected chi connectivity index (χ4v) is 6.40. The molecule has 0 radical (unpaired) electrons. The third-order valence-corrected chi connectivity index (χ3v) is 8.50. The maximum atomic E-state index is 12.8. The van der Waals surface area contributed by atoms with Crippen molar-refractivity contribution >= 4 is 11.9 Å². The van der Waals surface area contributed by atoms with Crippen molar-refractivity contribution in [1.82, 2.24) is 29.9 Å². The largest absolute Gasteiger partial charge is 0.444 e. The van der Waals surface area contributed by atoms with Gasteiger partial charge in [0.15, 0.2) is 5.82 Å². The Labute approximate surface area is 246 Å². The molecule has 0 aliphatic carbocycles. The Morgan fingerprint density at radius 2 is 1.83 bits per heavy atom. The van der Waals surface area contributed by atoms with E-state index < -0.39 is 5.60 Å². The lowest BCUT2D eigenvalue weighted by Gasteiger charge is -2.42. The van der Waals surface area contributed by atoms with E-state index in [0.29, 0.717) is 17.1 Å². The van der Waals surface area contributed by atoms with Gasteiger partial charge in [0.2, 0.25) is 0 Å². The number of hydrogen-bond acceptors (Lipinski definition) is 9. The quantitative estimate of drug-likeness (QED) is 0.400. The number of ether oxygens (including phenoxy) is 2. The summed E-state index contributed by atoms with van der Waals surface area (Å²) in [6.45, 7) is 6.46. The van der Waals surface area contributed by atoms with E-state index in [-0.39, 0.29) is 30.4 Å². The molecule has 2 bridgehead atoms. The van der Waals surface area contributed by atoms with Crippen LogP contribution in [-0.4, -0.2) is 73.3 Å². The minimum Gasteiger partial charge on any atom is -0.444 e. The first-order valence-electron chi connectivity index (χ1n) is 14.9. The van der Waals surface area contributed by atoms with Gasteiger partial charge in [-0.3, -0.25) is 0 Å². The third-order valence-electron chi connectivity index (χ3n) is 8.50. The van der Waals surface area contributed by atoms with E-state index in [1.165, 1.54) is 0 Å². The zero-order valence-electron chi connectivity index (χ0n) is 24.7. The first kappa shape index (κ1) is 28.1. The number of piperidine rings is 1. The molecule has 11 nitrogen and oxygen atoms in total. The highest BCUT2D eigenvalue weighted by Gasteiger charge is 2.46. The van der Waals surface area contributed by atoms with Crippen molar-refractivity contribution in [3.05, 3.63) is 42.4 Å². The number of nitrogens with zero attached hydrogens (tertiary/aromatic N) is 8. The van der Waals surface area contributed by atoms with Crippen molar-refractivity contribution < 1.29 is 14.3 Å². The summed E-state index contributed by atoms with van der Waals surface area (Å²) in [6, 6.07) is 10.4. The van der Waals surface area contributed by atoms with Gasteiger partial charge in [0.05, 0.1) is 11.9 Å². The summed E-state index contributed by atoms with van der Waals surface area (Å²) in [5.41, 5.74) is 2.55. The molecule has 3 aliphatic rings. The Morgan fingerprint density at radius 3 is 2.48 bits per heavy atom. The first-order valence-corrected chi connectivity index (χ1v) is 14.9. The standard InChI is InChI=1S/C31H38N8O3/c1-31(2,3)42-30(40)39-21-8-9-22(39)16-23(15-21)37(4)28-13-12-26(35-36-28)25-11-10-24(27(17-32)34-25)20-18-33-38(19-20)29-7-5-6-14-41-29/h10-13,18-19,21-23,29H,5-9,14-16H2,1-4H3/t21-,22+,23?,29?. The molecule has 0 saturated carbocycles. The predicted molar refractivity (Wildman–Crippen MR) is 156 cm³/mol. The lowest BCUT2D eigenvalue weighted by Crippen LogP contribution is -2.53.